The zero-order valence-corrected chi connectivity index (χ0v) is 26.7. The summed E-state index contributed by atoms with van der Waals surface area (Å²) in [6.07, 6.45) is 4.88. The maximum absolute atomic E-state index is 7.04. The molecule has 7 atom stereocenters. The smallest absolute Gasteiger partial charge is 0.113 e. The van der Waals surface area contributed by atoms with Gasteiger partial charge in [-0.15, -0.1) is 0 Å². The van der Waals surface area contributed by atoms with Crippen LogP contribution in [0.4, 0.5) is 0 Å². The lowest BCUT2D eigenvalue weighted by molar-refractivity contribution is -0.188. The highest BCUT2D eigenvalue weighted by Gasteiger charge is 2.52. The van der Waals surface area contributed by atoms with Crippen molar-refractivity contribution in [1.82, 2.24) is 0 Å². The number of allylic oxidation sites excluding steroid dienone is 2. The van der Waals surface area contributed by atoms with Crippen LogP contribution in [-0.2, 0) is 50.1 Å². The van der Waals surface area contributed by atoms with E-state index in [-0.39, 0.29) is 24.2 Å². The van der Waals surface area contributed by atoms with Crippen molar-refractivity contribution < 1.29 is 23.7 Å². The number of benzene rings is 4. The highest BCUT2D eigenvalue weighted by Crippen LogP contribution is 2.51. The summed E-state index contributed by atoms with van der Waals surface area (Å²) in [5.74, 6) is 1.43. The molecule has 0 aliphatic heterocycles. The lowest BCUT2D eigenvalue weighted by Crippen LogP contribution is -2.51. The van der Waals surface area contributed by atoms with E-state index in [1.807, 2.05) is 48.5 Å². The van der Waals surface area contributed by atoms with Crippen molar-refractivity contribution in [2.45, 2.75) is 51.2 Å². The zero-order chi connectivity index (χ0) is 31.4. The third kappa shape index (κ3) is 8.61. The van der Waals surface area contributed by atoms with E-state index < -0.39 is 0 Å². The van der Waals surface area contributed by atoms with Crippen LogP contribution in [0.2, 0.25) is 0 Å². The number of fused-ring (bicyclic) bond motifs is 2. The molecule has 2 bridgehead atoms. The van der Waals surface area contributed by atoms with E-state index in [1.54, 1.807) is 7.11 Å². The van der Waals surface area contributed by atoms with Crippen molar-refractivity contribution in [2.24, 2.45) is 23.7 Å². The van der Waals surface area contributed by atoms with Crippen LogP contribution >= 0.6 is 0 Å². The van der Waals surface area contributed by atoms with Gasteiger partial charge < -0.3 is 23.7 Å². The highest BCUT2D eigenvalue weighted by molar-refractivity contribution is 5.19. The minimum atomic E-state index is -0.388. The predicted molar refractivity (Wildman–Crippen MR) is 181 cm³/mol. The lowest BCUT2D eigenvalue weighted by atomic mass is 9.77. The molecular weight excluding hydrogens is 572 g/mol. The molecule has 0 heterocycles. The molecule has 0 N–H and O–H groups in total. The minimum absolute atomic E-state index is 0.219. The van der Waals surface area contributed by atoms with E-state index in [0.29, 0.717) is 57.4 Å². The first-order valence-corrected chi connectivity index (χ1v) is 16.5. The summed E-state index contributed by atoms with van der Waals surface area (Å²) in [6.45, 7) is 2.95. The van der Waals surface area contributed by atoms with Crippen LogP contribution in [0.25, 0.3) is 0 Å². The average Bonchev–Trinajstić information content (AvgIpc) is 3.72. The van der Waals surface area contributed by atoms with Gasteiger partial charge in [-0.2, -0.15) is 0 Å². The minimum Gasteiger partial charge on any atom is -0.384 e. The molecule has 5 nitrogen and oxygen atoms in total. The molecule has 4 aromatic rings. The molecule has 0 radical (unpaired) electrons. The first-order chi connectivity index (χ1) is 22.8. The molecule has 0 aromatic heterocycles. The Kier molecular flexibility index (Phi) is 11.8. The predicted octanol–water partition coefficient (Wildman–Crippen LogP) is 8.04. The molecule has 1 saturated carbocycles. The third-order valence-electron chi connectivity index (χ3n) is 9.39. The van der Waals surface area contributed by atoms with Gasteiger partial charge in [0.05, 0.1) is 39.1 Å². The Morgan fingerprint density at radius 1 is 0.565 bits per heavy atom. The Labute approximate surface area is 274 Å². The van der Waals surface area contributed by atoms with Crippen molar-refractivity contribution >= 4 is 0 Å². The molecule has 5 heteroatoms. The molecule has 6 rings (SSSR count). The first kappa shape index (κ1) is 32.4. The molecular formula is C41H46O5. The van der Waals surface area contributed by atoms with Crippen molar-refractivity contribution in [3.8, 4) is 0 Å². The van der Waals surface area contributed by atoms with Crippen LogP contribution in [0.1, 0.15) is 28.7 Å². The van der Waals surface area contributed by atoms with Crippen LogP contribution in [0, 0.1) is 23.7 Å². The topological polar surface area (TPSA) is 46.2 Å². The van der Waals surface area contributed by atoms with E-state index in [2.05, 4.69) is 84.9 Å². The van der Waals surface area contributed by atoms with Gasteiger partial charge in [0.25, 0.3) is 0 Å². The molecule has 2 aliphatic rings. The Morgan fingerprint density at radius 3 is 1.59 bits per heavy atom. The number of methoxy groups -OCH3 is 1. The van der Waals surface area contributed by atoms with Crippen molar-refractivity contribution in [1.29, 1.82) is 0 Å². The van der Waals surface area contributed by atoms with Crippen LogP contribution < -0.4 is 0 Å². The summed E-state index contributed by atoms with van der Waals surface area (Å²) in [7, 11) is 1.80. The van der Waals surface area contributed by atoms with E-state index in [1.165, 1.54) is 0 Å². The maximum atomic E-state index is 7.04. The standard InChI is InChI=1S/C41H46O5/c1-42-29-37-35-22-23-36(24-35)39(37)41(46-28-34-20-12-5-13-21-34)40(45-27-33-18-10-4-11-19-33)38(44-26-32-16-8-3-9-17-32)30-43-25-31-14-6-2-7-15-31/h2-23,35-41H,24-30H2,1H3/t35-,36+,37+,38+,39-,40+,41+/m0/s1. The van der Waals surface area contributed by atoms with E-state index >= 15 is 0 Å². The van der Waals surface area contributed by atoms with Gasteiger partial charge in [0, 0.05) is 13.7 Å². The van der Waals surface area contributed by atoms with Crippen molar-refractivity contribution in [3.63, 3.8) is 0 Å². The monoisotopic (exact) mass is 618 g/mol. The Hall–Kier alpha value is -3.58. The van der Waals surface area contributed by atoms with Gasteiger partial charge in [0.15, 0.2) is 0 Å². The van der Waals surface area contributed by atoms with Crippen LogP contribution in [0.5, 0.6) is 0 Å². The van der Waals surface area contributed by atoms with Gasteiger partial charge >= 0.3 is 0 Å². The summed E-state index contributed by atoms with van der Waals surface area (Å²) < 4.78 is 33.1. The van der Waals surface area contributed by atoms with Gasteiger partial charge in [-0.1, -0.05) is 133 Å². The summed E-state index contributed by atoms with van der Waals surface area (Å²) >= 11 is 0. The van der Waals surface area contributed by atoms with E-state index in [4.69, 9.17) is 23.7 Å². The molecule has 2 aliphatic carbocycles. The quantitative estimate of drug-likeness (QED) is 0.106. The summed E-state index contributed by atoms with van der Waals surface area (Å²) in [4.78, 5) is 0. The summed E-state index contributed by atoms with van der Waals surface area (Å²) in [6, 6.07) is 41.4. The van der Waals surface area contributed by atoms with Crippen LogP contribution in [-0.4, -0.2) is 38.6 Å². The van der Waals surface area contributed by atoms with Crippen LogP contribution in [0.3, 0.4) is 0 Å². The van der Waals surface area contributed by atoms with E-state index in [9.17, 15) is 0 Å². The Morgan fingerprint density at radius 2 is 1.04 bits per heavy atom. The maximum Gasteiger partial charge on any atom is 0.113 e. The molecule has 0 spiro atoms. The first-order valence-electron chi connectivity index (χ1n) is 16.5. The van der Waals surface area contributed by atoms with Crippen molar-refractivity contribution in [2.75, 3.05) is 20.3 Å². The second kappa shape index (κ2) is 16.8. The fourth-order valence-corrected chi connectivity index (χ4v) is 7.13. The second-order valence-electron chi connectivity index (χ2n) is 12.5. The number of hydrogen-bond acceptors (Lipinski definition) is 5. The summed E-state index contributed by atoms with van der Waals surface area (Å²) in [5.41, 5.74) is 4.49. The number of hydrogen-bond donors (Lipinski definition) is 0. The SMILES string of the molecule is COC[C@H]1[C@@H]([C@@H](OCc2ccccc2)[C@H](OCc2ccccc2)[C@@H](COCc2ccccc2)OCc2ccccc2)[C@@H]2C=C[C@H]1C2. The molecule has 0 saturated heterocycles. The molecule has 240 valence electrons. The van der Waals surface area contributed by atoms with E-state index in [0.717, 1.165) is 28.7 Å². The van der Waals surface area contributed by atoms with Crippen molar-refractivity contribution in [3.05, 3.63) is 156 Å². The largest absolute Gasteiger partial charge is 0.384 e. The number of ether oxygens (including phenoxy) is 5. The normalized spacial score (nSPS) is 22.1. The zero-order valence-electron chi connectivity index (χ0n) is 26.7. The Bertz CT molecular complexity index is 1450. The fourth-order valence-electron chi connectivity index (χ4n) is 7.13. The van der Waals surface area contributed by atoms with Gasteiger partial charge in [-0.05, 0) is 52.3 Å². The average molecular weight is 619 g/mol. The molecule has 4 aromatic carbocycles. The molecule has 46 heavy (non-hydrogen) atoms. The van der Waals surface area contributed by atoms with Gasteiger partial charge in [0.1, 0.15) is 12.2 Å². The highest BCUT2D eigenvalue weighted by atomic mass is 16.6. The molecule has 0 unspecified atom stereocenters. The van der Waals surface area contributed by atoms with Gasteiger partial charge in [-0.3, -0.25) is 0 Å². The summed E-state index contributed by atoms with van der Waals surface area (Å²) in [5, 5.41) is 0. The fraction of sp³-hybridized carbons (Fsp3) is 0.366. The Balaban J connectivity index is 1.33. The lowest BCUT2D eigenvalue weighted by Gasteiger charge is -2.41. The molecule has 1 fully saturated rings. The van der Waals surface area contributed by atoms with Gasteiger partial charge in [0.2, 0.25) is 0 Å². The second-order valence-corrected chi connectivity index (χ2v) is 12.5. The van der Waals surface area contributed by atoms with Crippen LogP contribution in [0.15, 0.2) is 133 Å². The third-order valence-corrected chi connectivity index (χ3v) is 9.39. The van der Waals surface area contributed by atoms with Gasteiger partial charge in [-0.25, -0.2) is 0 Å². The molecule has 0 amide bonds. The number of rotatable bonds is 18.